The minimum Gasteiger partial charge on any atom is -0.310 e. The van der Waals surface area contributed by atoms with Gasteiger partial charge in [-0.1, -0.05) is 30.7 Å². The Morgan fingerprint density at radius 3 is 2.52 bits per heavy atom. The average molecular weight is 354 g/mol. The van der Waals surface area contributed by atoms with Crippen LogP contribution in [0.1, 0.15) is 30.9 Å². The van der Waals surface area contributed by atoms with E-state index in [1.165, 1.54) is 36.0 Å². The highest BCUT2D eigenvalue weighted by atomic mass is 15.0. The third-order valence-electron chi connectivity index (χ3n) is 5.45. The van der Waals surface area contributed by atoms with Gasteiger partial charge >= 0.3 is 0 Å². The van der Waals surface area contributed by atoms with Crippen LogP contribution in [0.15, 0.2) is 73.3 Å². The molecule has 1 N–H and O–H groups in total. The van der Waals surface area contributed by atoms with Crippen molar-refractivity contribution < 1.29 is 0 Å². The maximum atomic E-state index is 4.60. The van der Waals surface area contributed by atoms with Crippen molar-refractivity contribution in [3.05, 3.63) is 78.9 Å². The standard InChI is InChI=1S/C23H22N4/c1-2-11-25-21(3-1)18-6-4-17(5-7-18)20-10-14-27-22(16-26-23(27)15-20)19-8-12-24-13-9-19/h4-10,12-16,21,25H,1-3,11H2. The van der Waals surface area contributed by atoms with Crippen molar-refractivity contribution in [2.24, 2.45) is 0 Å². The lowest BCUT2D eigenvalue weighted by Gasteiger charge is -2.24. The lowest BCUT2D eigenvalue weighted by molar-refractivity contribution is 0.412. The van der Waals surface area contributed by atoms with E-state index in [1.807, 2.05) is 30.7 Å². The van der Waals surface area contributed by atoms with Crippen molar-refractivity contribution in [1.29, 1.82) is 0 Å². The Morgan fingerprint density at radius 2 is 1.74 bits per heavy atom. The summed E-state index contributed by atoms with van der Waals surface area (Å²) in [5.41, 5.74) is 6.97. The van der Waals surface area contributed by atoms with Crippen LogP contribution in [0.25, 0.3) is 28.0 Å². The Balaban J connectivity index is 1.45. The highest BCUT2D eigenvalue weighted by molar-refractivity contribution is 5.70. The monoisotopic (exact) mass is 354 g/mol. The maximum Gasteiger partial charge on any atom is 0.137 e. The van der Waals surface area contributed by atoms with Gasteiger partial charge < -0.3 is 5.32 Å². The second kappa shape index (κ2) is 6.97. The molecule has 3 aromatic heterocycles. The number of fused-ring (bicyclic) bond motifs is 1. The van der Waals surface area contributed by atoms with Gasteiger partial charge in [-0.05, 0) is 60.3 Å². The van der Waals surface area contributed by atoms with E-state index in [0.717, 1.165) is 23.4 Å². The van der Waals surface area contributed by atoms with Gasteiger partial charge in [0.25, 0.3) is 0 Å². The Kier molecular flexibility index (Phi) is 4.18. The van der Waals surface area contributed by atoms with Crippen LogP contribution in [0, 0.1) is 0 Å². The summed E-state index contributed by atoms with van der Waals surface area (Å²) in [7, 11) is 0. The average Bonchev–Trinajstić information content (AvgIpc) is 3.18. The largest absolute Gasteiger partial charge is 0.310 e. The molecule has 0 radical (unpaired) electrons. The van der Waals surface area contributed by atoms with E-state index in [4.69, 9.17) is 0 Å². The summed E-state index contributed by atoms with van der Waals surface area (Å²) in [6, 6.07) is 17.8. The molecular weight excluding hydrogens is 332 g/mol. The van der Waals surface area contributed by atoms with E-state index < -0.39 is 0 Å². The van der Waals surface area contributed by atoms with Crippen LogP contribution in [0.5, 0.6) is 0 Å². The zero-order valence-electron chi connectivity index (χ0n) is 15.2. The highest BCUT2D eigenvalue weighted by Crippen LogP contribution is 2.28. The summed E-state index contributed by atoms with van der Waals surface area (Å²) in [6.07, 6.45) is 11.5. The van der Waals surface area contributed by atoms with Crippen molar-refractivity contribution in [2.75, 3.05) is 6.54 Å². The molecule has 0 saturated carbocycles. The number of aromatic nitrogens is 3. The molecule has 1 fully saturated rings. The molecule has 5 rings (SSSR count). The number of hydrogen-bond acceptors (Lipinski definition) is 3. The van der Waals surface area contributed by atoms with E-state index in [9.17, 15) is 0 Å². The van der Waals surface area contributed by atoms with Gasteiger partial charge in [0.1, 0.15) is 5.65 Å². The molecule has 0 aliphatic carbocycles. The summed E-state index contributed by atoms with van der Waals surface area (Å²) in [5.74, 6) is 0. The minimum absolute atomic E-state index is 0.505. The summed E-state index contributed by atoms with van der Waals surface area (Å²) in [4.78, 5) is 8.70. The molecule has 4 heteroatoms. The van der Waals surface area contributed by atoms with E-state index in [1.54, 1.807) is 0 Å². The summed E-state index contributed by atoms with van der Waals surface area (Å²) < 4.78 is 2.12. The molecular formula is C23H22N4. The highest BCUT2D eigenvalue weighted by Gasteiger charge is 2.14. The Hall–Kier alpha value is -2.98. The summed E-state index contributed by atoms with van der Waals surface area (Å²) in [6.45, 7) is 1.13. The van der Waals surface area contributed by atoms with Crippen molar-refractivity contribution in [3.63, 3.8) is 0 Å². The molecule has 4 aromatic rings. The maximum absolute atomic E-state index is 4.60. The lowest BCUT2D eigenvalue weighted by atomic mass is 9.95. The van der Waals surface area contributed by atoms with E-state index in [0.29, 0.717) is 6.04 Å². The second-order valence-electron chi connectivity index (χ2n) is 7.15. The van der Waals surface area contributed by atoms with Gasteiger partial charge in [0, 0.05) is 30.2 Å². The first-order valence-corrected chi connectivity index (χ1v) is 9.60. The number of pyridine rings is 2. The Morgan fingerprint density at radius 1 is 0.889 bits per heavy atom. The molecule has 0 amide bonds. The molecule has 1 saturated heterocycles. The lowest BCUT2D eigenvalue weighted by Crippen LogP contribution is -2.26. The molecule has 1 aliphatic heterocycles. The van der Waals surface area contributed by atoms with Gasteiger partial charge in [0.05, 0.1) is 11.9 Å². The number of nitrogens with zero attached hydrogens (tertiary/aromatic N) is 3. The molecule has 27 heavy (non-hydrogen) atoms. The van der Waals surface area contributed by atoms with Gasteiger partial charge in [-0.2, -0.15) is 0 Å². The van der Waals surface area contributed by atoms with Gasteiger partial charge in [-0.3, -0.25) is 9.38 Å². The van der Waals surface area contributed by atoms with Crippen molar-refractivity contribution in [2.45, 2.75) is 25.3 Å². The Labute approximate surface area is 158 Å². The van der Waals surface area contributed by atoms with Crippen LogP contribution in [-0.2, 0) is 0 Å². The number of piperidine rings is 1. The number of hydrogen-bond donors (Lipinski definition) is 1. The zero-order valence-corrected chi connectivity index (χ0v) is 15.2. The van der Waals surface area contributed by atoms with Crippen LogP contribution < -0.4 is 5.32 Å². The SMILES string of the molecule is c1cc(-c2cnc3cc(-c4ccc(C5CCCCN5)cc4)ccn23)ccn1. The molecule has 0 bridgehead atoms. The zero-order chi connectivity index (χ0) is 18.1. The number of rotatable bonds is 3. The first-order chi connectivity index (χ1) is 13.4. The summed E-state index contributed by atoms with van der Waals surface area (Å²) in [5, 5.41) is 3.62. The fourth-order valence-corrected chi connectivity index (χ4v) is 3.94. The molecule has 1 aromatic carbocycles. The minimum atomic E-state index is 0.505. The van der Waals surface area contributed by atoms with Crippen LogP contribution >= 0.6 is 0 Å². The molecule has 4 heterocycles. The van der Waals surface area contributed by atoms with Crippen molar-refractivity contribution in [1.82, 2.24) is 19.7 Å². The van der Waals surface area contributed by atoms with Crippen LogP contribution in [0.3, 0.4) is 0 Å². The number of imidazole rings is 1. The predicted molar refractivity (Wildman–Crippen MR) is 108 cm³/mol. The third-order valence-corrected chi connectivity index (χ3v) is 5.45. The van der Waals surface area contributed by atoms with E-state index in [2.05, 4.69) is 62.3 Å². The quantitative estimate of drug-likeness (QED) is 0.570. The fraction of sp³-hybridized carbons (Fsp3) is 0.217. The first-order valence-electron chi connectivity index (χ1n) is 9.60. The molecule has 1 aliphatic rings. The topological polar surface area (TPSA) is 42.2 Å². The van der Waals surface area contributed by atoms with Crippen LogP contribution in [0.2, 0.25) is 0 Å². The first kappa shape index (κ1) is 16.2. The third kappa shape index (κ3) is 3.13. The van der Waals surface area contributed by atoms with Gasteiger partial charge in [-0.25, -0.2) is 4.98 Å². The van der Waals surface area contributed by atoms with E-state index in [-0.39, 0.29) is 0 Å². The molecule has 1 atom stereocenters. The Bertz CT molecular complexity index is 1040. The molecule has 4 nitrogen and oxygen atoms in total. The number of nitrogens with one attached hydrogen (secondary N) is 1. The van der Waals surface area contributed by atoms with Crippen LogP contribution in [-0.4, -0.2) is 20.9 Å². The molecule has 0 spiro atoms. The smallest absolute Gasteiger partial charge is 0.137 e. The second-order valence-corrected chi connectivity index (χ2v) is 7.15. The predicted octanol–water partition coefficient (Wildman–Crippen LogP) is 4.88. The summed E-state index contributed by atoms with van der Waals surface area (Å²) >= 11 is 0. The number of benzene rings is 1. The van der Waals surface area contributed by atoms with E-state index >= 15 is 0 Å². The van der Waals surface area contributed by atoms with Gasteiger partial charge in [0.2, 0.25) is 0 Å². The molecule has 134 valence electrons. The fourth-order valence-electron chi connectivity index (χ4n) is 3.94. The normalized spacial score (nSPS) is 17.3. The van der Waals surface area contributed by atoms with Crippen molar-refractivity contribution in [3.8, 4) is 22.4 Å². The molecule has 1 unspecified atom stereocenters. The van der Waals surface area contributed by atoms with Crippen LogP contribution in [0.4, 0.5) is 0 Å². The van der Waals surface area contributed by atoms with Gasteiger partial charge in [-0.15, -0.1) is 0 Å². The van der Waals surface area contributed by atoms with Gasteiger partial charge in [0.15, 0.2) is 0 Å². The van der Waals surface area contributed by atoms with Crippen molar-refractivity contribution >= 4 is 5.65 Å².